The van der Waals surface area contributed by atoms with E-state index in [4.69, 9.17) is 0 Å². The van der Waals surface area contributed by atoms with E-state index in [0.717, 1.165) is 30.4 Å². The number of thioether (sulfide) groups is 1. The Morgan fingerprint density at radius 1 is 1.55 bits per heavy atom. The Morgan fingerprint density at radius 3 is 2.70 bits per heavy atom. The summed E-state index contributed by atoms with van der Waals surface area (Å²) in [7, 11) is 1.59. The Bertz CT molecular complexity index is 510. The molecule has 1 amide bonds. The molecule has 1 unspecified atom stereocenters. The van der Waals surface area contributed by atoms with E-state index in [-0.39, 0.29) is 17.3 Å². The van der Waals surface area contributed by atoms with Gasteiger partial charge < -0.3 is 4.90 Å². The van der Waals surface area contributed by atoms with Crippen LogP contribution in [0.15, 0.2) is 18.2 Å². The zero-order chi connectivity index (χ0) is 15.3. The Labute approximate surface area is 121 Å². The molecule has 0 heterocycles. The Morgan fingerprint density at radius 2 is 2.20 bits per heavy atom. The number of nitrogens with zero attached hydrogens (tertiary/aromatic N) is 2. The highest BCUT2D eigenvalue weighted by Gasteiger charge is 2.24. The van der Waals surface area contributed by atoms with Crippen molar-refractivity contribution in [1.82, 2.24) is 4.90 Å². The van der Waals surface area contributed by atoms with Crippen molar-refractivity contribution in [3.63, 3.8) is 0 Å². The van der Waals surface area contributed by atoms with Gasteiger partial charge in [-0.1, -0.05) is 6.92 Å². The standard InChI is InChI=1S/C13H17FN2O3S/c1-4-9(8-20-3)15(2)13(17)11-7-10(16(18)19)5-6-12(11)14/h5-7,9H,4,8H2,1-3H3. The average Bonchev–Trinajstić information content (AvgIpc) is 2.43. The number of carbonyl (C=O) groups is 1. The minimum absolute atomic E-state index is 0.0313. The predicted octanol–water partition coefficient (Wildman–Crippen LogP) is 2.95. The summed E-state index contributed by atoms with van der Waals surface area (Å²) in [6.07, 6.45) is 2.66. The highest BCUT2D eigenvalue weighted by atomic mass is 32.2. The Balaban J connectivity index is 3.07. The van der Waals surface area contributed by atoms with E-state index in [2.05, 4.69) is 0 Å². The minimum atomic E-state index is -0.744. The van der Waals surface area contributed by atoms with Crippen LogP contribution in [0.25, 0.3) is 0 Å². The molecule has 0 aliphatic rings. The first-order chi connectivity index (χ1) is 9.42. The molecular weight excluding hydrogens is 283 g/mol. The number of benzene rings is 1. The fourth-order valence-electron chi connectivity index (χ4n) is 1.84. The SMILES string of the molecule is CCC(CSC)N(C)C(=O)c1cc([N+](=O)[O-])ccc1F. The van der Waals surface area contributed by atoms with Crippen LogP contribution in [0.3, 0.4) is 0 Å². The number of carbonyl (C=O) groups excluding carboxylic acids is 1. The lowest BCUT2D eigenvalue weighted by atomic mass is 10.1. The maximum atomic E-state index is 13.7. The topological polar surface area (TPSA) is 63.5 Å². The molecule has 0 fully saturated rings. The number of hydrogen-bond donors (Lipinski definition) is 0. The van der Waals surface area contributed by atoms with E-state index < -0.39 is 16.6 Å². The van der Waals surface area contributed by atoms with Gasteiger partial charge in [-0.3, -0.25) is 14.9 Å². The second-order valence-electron chi connectivity index (χ2n) is 4.35. The van der Waals surface area contributed by atoms with Gasteiger partial charge in [-0.05, 0) is 18.7 Å². The van der Waals surface area contributed by atoms with Crippen molar-refractivity contribution in [2.24, 2.45) is 0 Å². The summed E-state index contributed by atoms with van der Waals surface area (Å²) >= 11 is 1.59. The number of non-ortho nitro benzene ring substituents is 1. The summed E-state index contributed by atoms with van der Waals surface area (Å²) in [4.78, 5) is 23.8. The van der Waals surface area contributed by atoms with Crippen LogP contribution in [0.5, 0.6) is 0 Å². The summed E-state index contributed by atoms with van der Waals surface area (Å²) < 4.78 is 13.7. The number of halogens is 1. The van der Waals surface area contributed by atoms with Crippen LogP contribution in [-0.4, -0.2) is 40.8 Å². The molecule has 1 rings (SSSR count). The smallest absolute Gasteiger partial charge is 0.270 e. The monoisotopic (exact) mass is 300 g/mol. The van der Waals surface area contributed by atoms with Gasteiger partial charge in [0.05, 0.1) is 10.5 Å². The van der Waals surface area contributed by atoms with Crippen LogP contribution in [0.2, 0.25) is 0 Å². The molecule has 0 saturated carbocycles. The summed E-state index contributed by atoms with van der Waals surface area (Å²) in [6, 6.07) is 2.95. The molecule has 0 spiro atoms. The lowest BCUT2D eigenvalue weighted by Crippen LogP contribution is -2.38. The summed E-state index contributed by atoms with van der Waals surface area (Å²) in [5.74, 6) is -0.548. The molecular formula is C13H17FN2O3S. The molecule has 0 aliphatic heterocycles. The third kappa shape index (κ3) is 3.69. The molecule has 0 aliphatic carbocycles. The second kappa shape index (κ2) is 7.23. The van der Waals surface area contributed by atoms with E-state index in [1.54, 1.807) is 18.8 Å². The quantitative estimate of drug-likeness (QED) is 0.598. The highest BCUT2D eigenvalue weighted by Crippen LogP contribution is 2.20. The molecule has 1 atom stereocenters. The highest BCUT2D eigenvalue weighted by molar-refractivity contribution is 7.98. The first kappa shape index (κ1) is 16.4. The third-order valence-electron chi connectivity index (χ3n) is 3.09. The van der Waals surface area contributed by atoms with Gasteiger partial charge in [0, 0.05) is 31.0 Å². The largest absolute Gasteiger partial charge is 0.338 e. The molecule has 20 heavy (non-hydrogen) atoms. The van der Waals surface area contributed by atoms with Gasteiger partial charge >= 0.3 is 0 Å². The fourth-order valence-corrected chi connectivity index (χ4v) is 2.69. The number of rotatable bonds is 6. The van der Waals surface area contributed by atoms with E-state index in [1.807, 2.05) is 13.2 Å². The van der Waals surface area contributed by atoms with Crippen LogP contribution in [-0.2, 0) is 0 Å². The van der Waals surface area contributed by atoms with Crippen molar-refractivity contribution in [2.75, 3.05) is 19.1 Å². The van der Waals surface area contributed by atoms with Crippen molar-refractivity contribution >= 4 is 23.4 Å². The van der Waals surface area contributed by atoms with Crippen LogP contribution < -0.4 is 0 Å². The first-order valence-corrected chi connectivity index (χ1v) is 7.51. The van der Waals surface area contributed by atoms with Gasteiger partial charge in [0.1, 0.15) is 5.82 Å². The van der Waals surface area contributed by atoms with Crippen LogP contribution in [0.4, 0.5) is 10.1 Å². The van der Waals surface area contributed by atoms with Crippen LogP contribution in [0.1, 0.15) is 23.7 Å². The van der Waals surface area contributed by atoms with Gasteiger partial charge in [0.2, 0.25) is 0 Å². The first-order valence-electron chi connectivity index (χ1n) is 6.12. The Kier molecular flexibility index (Phi) is 5.94. The average molecular weight is 300 g/mol. The van der Waals surface area contributed by atoms with Crippen molar-refractivity contribution in [1.29, 1.82) is 0 Å². The van der Waals surface area contributed by atoms with E-state index in [9.17, 15) is 19.3 Å². The van der Waals surface area contributed by atoms with Crippen molar-refractivity contribution < 1.29 is 14.1 Å². The van der Waals surface area contributed by atoms with Gasteiger partial charge in [0.15, 0.2) is 0 Å². The summed E-state index contributed by atoms with van der Waals surface area (Å²) in [5.41, 5.74) is -0.553. The van der Waals surface area contributed by atoms with Gasteiger partial charge in [-0.15, -0.1) is 0 Å². The van der Waals surface area contributed by atoms with E-state index in [1.165, 1.54) is 4.90 Å². The van der Waals surface area contributed by atoms with Crippen LogP contribution >= 0.6 is 11.8 Å². The molecule has 5 nitrogen and oxygen atoms in total. The maximum absolute atomic E-state index is 13.7. The van der Waals surface area contributed by atoms with Crippen molar-refractivity contribution in [3.05, 3.63) is 39.7 Å². The van der Waals surface area contributed by atoms with Gasteiger partial charge in [-0.25, -0.2) is 4.39 Å². The molecule has 1 aromatic rings. The molecule has 7 heteroatoms. The lowest BCUT2D eigenvalue weighted by molar-refractivity contribution is -0.384. The minimum Gasteiger partial charge on any atom is -0.338 e. The van der Waals surface area contributed by atoms with E-state index in [0.29, 0.717) is 0 Å². The zero-order valence-corrected chi connectivity index (χ0v) is 12.4. The summed E-state index contributed by atoms with van der Waals surface area (Å²) in [6.45, 7) is 1.94. The predicted molar refractivity (Wildman–Crippen MR) is 77.6 cm³/mol. The van der Waals surface area contributed by atoms with Gasteiger partial charge in [0.25, 0.3) is 11.6 Å². The van der Waals surface area contributed by atoms with E-state index >= 15 is 0 Å². The number of amides is 1. The van der Waals surface area contributed by atoms with Crippen molar-refractivity contribution in [2.45, 2.75) is 19.4 Å². The second-order valence-corrected chi connectivity index (χ2v) is 5.27. The van der Waals surface area contributed by atoms with Gasteiger partial charge in [-0.2, -0.15) is 11.8 Å². The molecule has 0 aromatic heterocycles. The summed E-state index contributed by atoms with van der Waals surface area (Å²) in [5, 5.41) is 10.7. The molecule has 1 aromatic carbocycles. The molecule has 0 N–H and O–H groups in total. The zero-order valence-electron chi connectivity index (χ0n) is 11.6. The van der Waals surface area contributed by atoms with Crippen molar-refractivity contribution in [3.8, 4) is 0 Å². The fraction of sp³-hybridized carbons (Fsp3) is 0.462. The van der Waals surface area contributed by atoms with Crippen LogP contribution in [0, 0.1) is 15.9 Å². The molecule has 0 bridgehead atoms. The lowest BCUT2D eigenvalue weighted by Gasteiger charge is -2.26. The number of nitro benzene ring substituents is 1. The normalized spacial score (nSPS) is 12.0. The number of hydrogen-bond acceptors (Lipinski definition) is 4. The maximum Gasteiger partial charge on any atom is 0.270 e. The molecule has 110 valence electrons. The molecule has 0 saturated heterocycles. The Hall–Kier alpha value is -1.63. The third-order valence-corrected chi connectivity index (χ3v) is 3.81. The molecule has 0 radical (unpaired) electrons. The number of nitro groups is 1.